The highest BCUT2D eigenvalue weighted by Crippen LogP contribution is 2.27. The number of aromatic nitrogens is 5. The van der Waals surface area contributed by atoms with E-state index in [9.17, 15) is 9.90 Å². The smallest absolute Gasteiger partial charge is 0.351 e. The molecule has 1 aliphatic rings. The van der Waals surface area contributed by atoms with Gasteiger partial charge in [-0.05, 0) is 6.07 Å². The molecule has 2 N–H and O–H groups in total. The van der Waals surface area contributed by atoms with Crippen molar-refractivity contribution in [1.82, 2.24) is 24.3 Å². The lowest BCUT2D eigenvalue weighted by atomic mass is 10.2. The lowest BCUT2D eigenvalue weighted by Crippen LogP contribution is -2.28. The third-order valence-corrected chi connectivity index (χ3v) is 3.16. The van der Waals surface area contributed by atoms with Gasteiger partial charge < -0.3 is 14.9 Å². The van der Waals surface area contributed by atoms with Gasteiger partial charge in [0.05, 0.1) is 12.7 Å². The van der Waals surface area contributed by atoms with Crippen LogP contribution < -0.4 is 5.69 Å². The van der Waals surface area contributed by atoms with Crippen molar-refractivity contribution in [2.24, 2.45) is 0 Å². The molecule has 1 saturated heterocycles. The Hall–Kier alpha value is -2.10. The SMILES string of the molecule is O=c1nc(-n2cncn2)ccn1[C@H]1C[C@H](O)[C@@H](CO)O1. The third-order valence-electron chi connectivity index (χ3n) is 3.16. The normalized spacial score (nSPS) is 26.0. The van der Waals surface area contributed by atoms with Crippen molar-refractivity contribution in [3.8, 4) is 5.82 Å². The summed E-state index contributed by atoms with van der Waals surface area (Å²) in [5, 5.41) is 22.6. The van der Waals surface area contributed by atoms with E-state index in [0.29, 0.717) is 5.82 Å². The zero-order valence-electron chi connectivity index (χ0n) is 10.4. The number of ether oxygens (including phenoxy) is 1. The van der Waals surface area contributed by atoms with E-state index in [0.717, 1.165) is 0 Å². The second kappa shape index (κ2) is 5.12. The monoisotopic (exact) mass is 279 g/mol. The first kappa shape index (κ1) is 12.9. The van der Waals surface area contributed by atoms with Gasteiger partial charge in [-0.25, -0.2) is 14.5 Å². The molecule has 2 aromatic heterocycles. The van der Waals surface area contributed by atoms with Crippen LogP contribution in [0.2, 0.25) is 0 Å². The molecule has 2 aromatic rings. The maximum Gasteiger partial charge on any atom is 0.351 e. The molecule has 9 heteroatoms. The topological polar surface area (TPSA) is 115 Å². The fourth-order valence-corrected chi connectivity index (χ4v) is 2.13. The maximum absolute atomic E-state index is 12.0. The Morgan fingerprint density at radius 2 is 2.35 bits per heavy atom. The molecule has 106 valence electrons. The molecule has 3 atom stereocenters. The average Bonchev–Trinajstić information content (AvgIpc) is 3.07. The zero-order chi connectivity index (χ0) is 14.1. The van der Waals surface area contributed by atoms with Crippen LogP contribution in [0.25, 0.3) is 5.82 Å². The van der Waals surface area contributed by atoms with Crippen molar-refractivity contribution in [2.45, 2.75) is 24.9 Å². The first-order chi connectivity index (χ1) is 9.69. The van der Waals surface area contributed by atoms with Crippen LogP contribution in [0.15, 0.2) is 29.7 Å². The second-order valence-electron chi connectivity index (χ2n) is 4.43. The maximum atomic E-state index is 12.0. The highest BCUT2D eigenvalue weighted by atomic mass is 16.5. The van der Waals surface area contributed by atoms with Crippen molar-refractivity contribution in [3.63, 3.8) is 0 Å². The van der Waals surface area contributed by atoms with Crippen molar-refractivity contribution < 1.29 is 14.9 Å². The minimum Gasteiger partial charge on any atom is -0.394 e. The predicted molar refractivity (Wildman–Crippen MR) is 65.0 cm³/mol. The molecule has 20 heavy (non-hydrogen) atoms. The number of nitrogens with zero attached hydrogens (tertiary/aromatic N) is 5. The molecule has 1 fully saturated rings. The molecule has 3 heterocycles. The first-order valence-electron chi connectivity index (χ1n) is 6.07. The number of aliphatic hydroxyl groups excluding tert-OH is 2. The van der Waals surface area contributed by atoms with Crippen LogP contribution in [0.3, 0.4) is 0 Å². The van der Waals surface area contributed by atoms with E-state index in [1.807, 2.05) is 0 Å². The Morgan fingerprint density at radius 3 is 2.95 bits per heavy atom. The van der Waals surface area contributed by atoms with Gasteiger partial charge in [-0.1, -0.05) is 0 Å². The Kier molecular flexibility index (Phi) is 3.30. The Balaban J connectivity index is 1.87. The van der Waals surface area contributed by atoms with E-state index in [1.165, 1.54) is 28.1 Å². The summed E-state index contributed by atoms with van der Waals surface area (Å²) in [6.07, 6.45) is 2.42. The lowest BCUT2D eigenvalue weighted by molar-refractivity contribution is -0.0458. The molecule has 1 aliphatic heterocycles. The minimum absolute atomic E-state index is 0.232. The molecule has 0 bridgehead atoms. The summed E-state index contributed by atoms with van der Waals surface area (Å²) in [5.74, 6) is 0.348. The van der Waals surface area contributed by atoms with Gasteiger partial charge in [0.25, 0.3) is 0 Å². The van der Waals surface area contributed by atoms with Gasteiger partial charge in [-0.15, -0.1) is 0 Å². The van der Waals surface area contributed by atoms with Crippen LogP contribution in [-0.4, -0.2) is 53.3 Å². The predicted octanol–water partition coefficient (Wildman–Crippen LogP) is -1.54. The van der Waals surface area contributed by atoms with Crippen LogP contribution in [0.4, 0.5) is 0 Å². The van der Waals surface area contributed by atoms with E-state index in [4.69, 9.17) is 9.84 Å². The van der Waals surface area contributed by atoms with Crippen molar-refractivity contribution in [2.75, 3.05) is 6.61 Å². The van der Waals surface area contributed by atoms with Crippen molar-refractivity contribution in [1.29, 1.82) is 0 Å². The third kappa shape index (κ3) is 2.22. The molecule has 0 aliphatic carbocycles. The van der Waals surface area contributed by atoms with Gasteiger partial charge in [-0.2, -0.15) is 10.1 Å². The van der Waals surface area contributed by atoms with Crippen molar-refractivity contribution >= 4 is 0 Å². The zero-order valence-corrected chi connectivity index (χ0v) is 10.4. The molecule has 3 rings (SSSR count). The highest BCUT2D eigenvalue weighted by molar-refractivity contribution is 5.16. The van der Waals surface area contributed by atoms with Gasteiger partial charge >= 0.3 is 5.69 Å². The summed E-state index contributed by atoms with van der Waals surface area (Å²) >= 11 is 0. The van der Waals surface area contributed by atoms with E-state index >= 15 is 0 Å². The molecule has 0 amide bonds. The minimum atomic E-state index is -0.799. The summed E-state index contributed by atoms with van der Waals surface area (Å²) in [7, 11) is 0. The average molecular weight is 279 g/mol. The van der Waals surface area contributed by atoms with Gasteiger partial charge in [0.15, 0.2) is 5.82 Å². The summed E-state index contributed by atoms with van der Waals surface area (Å²) in [5.41, 5.74) is -0.520. The van der Waals surface area contributed by atoms with Gasteiger partial charge in [0.2, 0.25) is 0 Å². The number of hydrogen-bond acceptors (Lipinski definition) is 7. The molecular weight excluding hydrogens is 266 g/mol. The second-order valence-corrected chi connectivity index (χ2v) is 4.43. The fraction of sp³-hybridized carbons (Fsp3) is 0.455. The van der Waals surface area contributed by atoms with E-state index in [1.54, 1.807) is 6.07 Å². The molecular formula is C11H13N5O4. The standard InChI is InChI=1S/C11H13N5O4/c17-4-8-7(18)3-10(20-8)15-2-1-9(14-11(15)19)16-6-12-5-13-16/h1-2,5-8,10,17-18H,3-4H2/t7-,8+,10+/m0/s1. The van der Waals surface area contributed by atoms with Crippen LogP contribution in [0.1, 0.15) is 12.6 Å². The van der Waals surface area contributed by atoms with Gasteiger partial charge in [0.1, 0.15) is 25.0 Å². The van der Waals surface area contributed by atoms with E-state index in [-0.39, 0.29) is 13.0 Å². The summed E-state index contributed by atoms with van der Waals surface area (Å²) in [6.45, 7) is -0.295. The number of hydrogen-bond donors (Lipinski definition) is 2. The van der Waals surface area contributed by atoms with Crippen LogP contribution >= 0.6 is 0 Å². The molecule has 0 unspecified atom stereocenters. The fourth-order valence-electron chi connectivity index (χ4n) is 2.13. The molecule has 0 spiro atoms. The summed E-state index contributed by atoms with van der Waals surface area (Å²) < 4.78 is 8.05. The van der Waals surface area contributed by atoms with Gasteiger partial charge in [-0.3, -0.25) is 4.57 Å². The van der Waals surface area contributed by atoms with Crippen LogP contribution in [0, 0.1) is 0 Å². The Labute approximate surface area is 113 Å². The van der Waals surface area contributed by atoms with Crippen molar-refractivity contribution in [3.05, 3.63) is 35.4 Å². The van der Waals surface area contributed by atoms with Crippen LogP contribution in [0.5, 0.6) is 0 Å². The van der Waals surface area contributed by atoms with E-state index in [2.05, 4.69) is 15.1 Å². The van der Waals surface area contributed by atoms with Gasteiger partial charge in [0, 0.05) is 12.6 Å². The Morgan fingerprint density at radius 1 is 1.50 bits per heavy atom. The lowest BCUT2D eigenvalue weighted by Gasteiger charge is -2.14. The summed E-state index contributed by atoms with van der Waals surface area (Å²) in [4.78, 5) is 19.6. The highest BCUT2D eigenvalue weighted by Gasteiger charge is 2.34. The molecule has 0 saturated carbocycles. The summed E-state index contributed by atoms with van der Waals surface area (Å²) in [6, 6.07) is 1.60. The number of rotatable bonds is 3. The Bertz CT molecular complexity index is 641. The molecule has 0 radical (unpaired) electrons. The first-order valence-corrected chi connectivity index (χ1v) is 6.07. The molecule has 9 nitrogen and oxygen atoms in total. The van der Waals surface area contributed by atoms with E-state index < -0.39 is 24.1 Å². The van der Waals surface area contributed by atoms with Crippen LogP contribution in [-0.2, 0) is 4.74 Å². The number of aliphatic hydroxyl groups is 2. The molecule has 0 aromatic carbocycles. The largest absolute Gasteiger partial charge is 0.394 e. The quantitative estimate of drug-likeness (QED) is 0.700.